The fraction of sp³-hybridized carbons (Fsp3) is 0. The first kappa shape index (κ1) is 13.7. The quantitative estimate of drug-likeness (QED) is 0.761. The summed E-state index contributed by atoms with van der Waals surface area (Å²) in [6, 6.07) is 9.09. The van der Waals surface area contributed by atoms with Gasteiger partial charge in [0.25, 0.3) is 0 Å². The molecule has 0 unspecified atom stereocenters. The van der Waals surface area contributed by atoms with Crippen LogP contribution in [-0.2, 0) is 0 Å². The van der Waals surface area contributed by atoms with E-state index in [2.05, 4.69) is 4.98 Å². The topological polar surface area (TPSA) is 72.6 Å². The van der Waals surface area contributed by atoms with E-state index in [1.54, 1.807) is 18.2 Å². The van der Waals surface area contributed by atoms with Crippen molar-refractivity contribution in [2.75, 3.05) is 0 Å². The van der Waals surface area contributed by atoms with Crippen molar-refractivity contribution in [2.45, 2.75) is 0 Å². The molecule has 0 aliphatic heterocycles. The second-order valence-corrected chi connectivity index (χ2v) is 4.99. The highest BCUT2D eigenvalue weighted by molar-refractivity contribution is 6.35. The number of carboxylic acids is 1. The van der Waals surface area contributed by atoms with Crippen molar-refractivity contribution in [3.63, 3.8) is 0 Å². The Balaban J connectivity index is 1.95. The van der Waals surface area contributed by atoms with Crippen LogP contribution in [0, 0.1) is 0 Å². The Morgan fingerprint density at radius 1 is 1.19 bits per heavy atom. The van der Waals surface area contributed by atoms with Crippen LogP contribution in [0.5, 0.6) is 11.8 Å². The van der Waals surface area contributed by atoms with Crippen LogP contribution < -0.4 is 4.74 Å². The summed E-state index contributed by atoms with van der Waals surface area (Å²) in [5, 5.41) is 9.72. The number of carboxylic acid groups (broad SMARTS) is 1. The van der Waals surface area contributed by atoms with Gasteiger partial charge in [0, 0.05) is 5.02 Å². The van der Waals surface area contributed by atoms with Crippen molar-refractivity contribution >= 4 is 40.3 Å². The molecule has 0 amide bonds. The standard InChI is InChI=1S/C14H7Cl2NO4/c15-8-2-4-11(9(16)6-8)20-14-17-10-3-1-7(13(18)19)5-12(10)21-14/h1-6H,(H,18,19). The first-order chi connectivity index (χ1) is 10.0. The molecule has 3 aromatic rings. The number of nitrogens with zero attached hydrogens (tertiary/aromatic N) is 1. The van der Waals surface area contributed by atoms with Gasteiger partial charge in [0.1, 0.15) is 5.52 Å². The van der Waals surface area contributed by atoms with E-state index < -0.39 is 5.97 Å². The van der Waals surface area contributed by atoms with E-state index in [1.165, 1.54) is 18.2 Å². The van der Waals surface area contributed by atoms with E-state index in [9.17, 15) is 4.79 Å². The van der Waals surface area contributed by atoms with Crippen LogP contribution in [0.3, 0.4) is 0 Å². The molecular weight excluding hydrogens is 317 g/mol. The molecule has 0 fully saturated rings. The van der Waals surface area contributed by atoms with Crippen molar-refractivity contribution in [2.24, 2.45) is 0 Å². The number of hydrogen-bond acceptors (Lipinski definition) is 4. The van der Waals surface area contributed by atoms with Gasteiger partial charge >= 0.3 is 12.0 Å². The predicted octanol–water partition coefficient (Wildman–Crippen LogP) is 4.63. The highest BCUT2D eigenvalue weighted by atomic mass is 35.5. The molecule has 0 radical (unpaired) electrons. The first-order valence-corrected chi connectivity index (χ1v) is 6.55. The number of carbonyl (C=O) groups is 1. The zero-order chi connectivity index (χ0) is 15.0. The lowest BCUT2D eigenvalue weighted by atomic mass is 10.2. The molecule has 0 aliphatic carbocycles. The molecule has 1 aromatic heterocycles. The molecule has 0 bridgehead atoms. The van der Waals surface area contributed by atoms with Gasteiger partial charge in [-0.2, -0.15) is 4.98 Å². The highest BCUT2D eigenvalue weighted by Gasteiger charge is 2.12. The number of aromatic carboxylic acids is 1. The molecule has 106 valence electrons. The summed E-state index contributed by atoms with van der Waals surface area (Å²) < 4.78 is 10.8. The summed E-state index contributed by atoms with van der Waals surface area (Å²) in [4.78, 5) is 15.0. The zero-order valence-corrected chi connectivity index (χ0v) is 11.9. The number of oxazole rings is 1. The van der Waals surface area contributed by atoms with Crippen LogP contribution in [0.1, 0.15) is 10.4 Å². The minimum absolute atomic E-state index is 0.0308. The van der Waals surface area contributed by atoms with Gasteiger partial charge in [-0.15, -0.1) is 0 Å². The SMILES string of the molecule is O=C(O)c1ccc2nc(Oc3ccc(Cl)cc3Cl)oc2c1. The zero-order valence-electron chi connectivity index (χ0n) is 10.3. The Hall–Kier alpha value is -2.24. The van der Waals surface area contributed by atoms with Gasteiger partial charge in [0.05, 0.1) is 10.6 Å². The normalized spacial score (nSPS) is 10.8. The van der Waals surface area contributed by atoms with Gasteiger partial charge in [0.15, 0.2) is 11.3 Å². The Morgan fingerprint density at radius 2 is 2.00 bits per heavy atom. The average molecular weight is 324 g/mol. The smallest absolute Gasteiger partial charge is 0.400 e. The summed E-state index contributed by atoms with van der Waals surface area (Å²) in [6.07, 6.45) is -0.0308. The van der Waals surface area contributed by atoms with Crippen LogP contribution in [0.2, 0.25) is 10.0 Å². The molecule has 0 spiro atoms. The summed E-state index contributed by atoms with van der Waals surface area (Å²) >= 11 is 11.8. The van der Waals surface area contributed by atoms with Crippen LogP contribution in [0.4, 0.5) is 0 Å². The monoisotopic (exact) mass is 323 g/mol. The Morgan fingerprint density at radius 3 is 2.71 bits per heavy atom. The molecule has 3 rings (SSSR count). The molecule has 0 atom stereocenters. The number of aromatic nitrogens is 1. The summed E-state index contributed by atoms with van der Waals surface area (Å²) in [6.45, 7) is 0. The van der Waals surface area contributed by atoms with Gasteiger partial charge in [-0.05, 0) is 36.4 Å². The Bertz CT molecular complexity index is 844. The second-order valence-electron chi connectivity index (χ2n) is 4.14. The predicted molar refractivity (Wildman–Crippen MR) is 77.5 cm³/mol. The number of fused-ring (bicyclic) bond motifs is 1. The molecule has 21 heavy (non-hydrogen) atoms. The van der Waals surface area contributed by atoms with Gasteiger partial charge in [-0.25, -0.2) is 4.79 Å². The number of halogens is 2. The summed E-state index contributed by atoms with van der Waals surface area (Å²) in [5.74, 6) is -0.706. The van der Waals surface area contributed by atoms with Crippen molar-refractivity contribution in [1.82, 2.24) is 4.98 Å². The molecule has 0 saturated carbocycles. The molecule has 0 aliphatic rings. The van der Waals surface area contributed by atoms with Crippen molar-refractivity contribution in [3.8, 4) is 11.8 Å². The molecule has 0 saturated heterocycles. The minimum Gasteiger partial charge on any atom is -0.478 e. The van der Waals surface area contributed by atoms with E-state index in [-0.39, 0.29) is 11.6 Å². The highest BCUT2D eigenvalue weighted by Crippen LogP contribution is 2.32. The number of benzene rings is 2. The maximum atomic E-state index is 10.9. The molecule has 1 heterocycles. The summed E-state index contributed by atoms with van der Waals surface area (Å²) in [5.41, 5.74) is 0.907. The Labute approximate surface area is 128 Å². The van der Waals surface area contributed by atoms with Gasteiger partial charge in [-0.3, -0.25) is 0 Å². The van der Waals surface area contributed by atoms with Crippen LogP contribution in [-0.4, -0.2) is 16.1 Å². The third-order valence-corrected chi connectivity index (χ3v) is 3.24. The third kappa shape index (κ3) is 2.79. The van der Waals surface area contributed by atoms with Gasteiger partial charge in [0.2, 0.25) is 0 Å². The van der Waals surface area contributed by atoms with Crippen molar-refractivity contribution in [1.29, 1.82) is 0 Å². The molecular formula is C14H7Cl2NO4. The van der Waals surface area contributed by atoms with Crippen molar-refractivity contribution in [3.05, 3.63) is 52.0 Å². The summed E-state index contributed by atoms with van der Waals surface area (Å²) in [7, 11) is 0. The van der Waals surface area contributed by atoms with Gasteiger partial charge in [-0.1, -0.05) is 23.2 Å². The maximum Gasteiger partial charge on any atom is 0.400 e. The van der Waals surface area contributed by atoms with E-state index in [1.807, 2.05) is 0 Å². The van der Waals surface area contributed by atoms with E-state index in [0.29, 0.717) is 26.9 Å². The second kappa shape index (κ2) is 5.27. The molecule has 2 aromatic carbocycles. The third-order valence-electron chi connectivity index (χ3n) is 2.71. The first-order valence-electron chi connectivity index (χ1n) is 5.80. The minimum atomic E-state index is -1.04. The molecule has 1 N–H and O–H groups in total. The number of rotatable bonds is 3. The lowest BCUT2D eigenvalue weighted by Crippen LogP contribution is -1.94. The fourth-order valence-electron chi connectivity index (χ4n) is 1.73. The molecule has 5 nitrogen and oxygen atoms in total. The maximum absolute atomic E-state index is 10.9. The van der Waals surface area contributed by atoms with E-state index in [0.717, 1.165) is 0 Å². The van der Waals surface area contributed by atoms with Crippen molar-refractivity contribution < 1.29 is 19.1 Å². The van der Waals surface area contributed by atoms with E-state index in [4.69, 9.17) is 37.5 Å². The largest absolute Gasteiger partial charge is 0.478 e. The van der Waals surface area contributed by atoms with Crippen LogP contribution in [0.15, 0.2) is 40.8 Å². The lowest BCUT2D eigenvalue weighted by molar-refractivity contribution is 0.0697. The molecule has 7 heteroatoms. The van der Waals surface area contributed by atoms with Crippen LogP contribution in [0.25, 0.3) is 11.1 Å². The van der Waals surface area contributed by atoms with Gasteiger partial charge < -0.3 is 14.3 Å². The number of hydrogen-bond donors (Lipinski definition) is 1. The lowest BCUT2D eigenvalue weighted by Gasteiger charge is -2.02. The Kier molecular flexibility index (Phi) is 3.45. The van der Waals surface area contributed by atoms with Crippen LogP contribution >= 0.6 is 23.2 Å². The average Bonchev–Trinajstić information content (AvgIpc) is 2.83. The fourth-order valence-corrected chi connectivity index (χ4v) is 2.18. The van der Waals surface area contributed by atoms with E-state index >= 15 is 0 Å². The number of ether oxygens (including phenoxy) is 1.